The highest BCUT2D eigenvalue weighted by Gasteiger charge is 2.15. The first-order valence-electron chi connectivity index (χ1n) is 7.68. The second-order valence-corrected chi connectivity index (χ2v) is 5.19. The van der Waals surface area contributed by atoms with Crippen LogP contribution in [0.5, 0.6) is 0 Å². The van der Waals surface area contributed by atoms with Gasteiger partial charge in [-0.25, -0.2) is 4.99 Å². The summed E-state index contributed by atoms with van der Waals surface area (Å²) in [5.74, 6) is 1.13. The van der Waals surface area contributed by atoms with Gasteiger partial charge < -0.3 is 11.5 Å². The molecule has 0 heterocycles. The van der Waals surface area contributed by atoms with Crippen LogP contribution in [-0.4, -0.2) is 17.6 Å². The molecule has 0 atom stereocenters. The molecule has 4 N–H and O–H groups in total. The molecule has 0 saturated heterocycles. The molecule has 0 unspecified atom stereocenters. The lowest BCUT2D eigenvalue weighted by Crippen LogP contribution is -2.14. The third-order valence-electron chi connectivity index (χ3n) is 3.80. The fraction of sp³-hybridized carbons (Fsp3) is 0.625. The summed E-state index contributed by atoms with van der Waals surface area (Å²) in [6.07, 6.45) is 13.7. The fourth-order valence-corrected chi connectivity index (χ4v) is 2.62. The number of hydrogen-bond acceptors (Lipinski definition) is 3. The lowest BCUT2D eigenvalue weighted by molar-refractivity contribution is 0.645. The van der Waals surface area contributed by atoms with E-state index in [-0.39, 0.29) is 0 Å². The maximum absolute atomic E-state index is 5.55. The minimum absolute atomic E-state index is 0.398. The second kappa shape index (κ2) is 9.34. The quantitative estimate of drug-likeness (QED) is 0.577. The lowest BCUT2D eigenvalue weighted by Gasteiger charge is -2.13. The summed E-state index contributed by atoms with van der Waals surface area (Å²) in [6.45, 7) is 4.33. The zero-order chi connectivity index (χ0) is 14.8. The van der Waals surface area contributed by atoms with Crippen LogP contribution in [0, 0.1) is 5.92 Å². The Balaban J connectivity index is 3.00. The topological polar surface area (TPSA) is 76.8 Å². The van der Waals surface area contributed by atoms with Crippen molar-refractivity contribution in [3.05, 3.63) is 24.6 Å². The molecule has 0 amide bonds. The molecule has 112 valence electrons. The summed E-state index contributed by atoms with van der Waals surface area (Å²) in [5, 5.41) is 0. The molecule has 1 fully saturated rings. The van der Waals surface area contributed by atoms with E-state index in [4.69, 9.17) is 21.5 Å². The van der Waals surface area contributed by atoms with Crippen LogP contribution < -0.4 is 11.5 Å². The lowest BCUT2D eigenvalue weighted by atomic mass is 9.97. The molecule has 0 bridgehead atoms. The summed E-state index contributed by atoms with van der Waals surface area (Å²) in [5.41, 5.74) is 12.1. The van der Waals surface area contributed by atoms with Crippen LogP contribution in [0.2, 0.25) is 0 Å². The molecule has 4 heteroatoms. The molecule has 4 nitrogen and oxygen atoms in total. The molecule has 0 aromatic rings. The fourth-order valence-electron chi connectivity index (χ4n) is 2.62. The van der Waals surface area contributed by atoms with E-state index >= 15 is 0 Å². The van der Waals surface area contributed by atoms with Crippen LogP contribution >= 0.6 is 0 Å². The standard InChI is InChI=1S/C16H28N4/c1-3-13(4-2)15(9-11-17)20-16(10-12-18)19-14-7-5-6-8-14/h9-14H,3-8,17-18H2,1-2H3/b11-9+,12-10-,19-16?,20-15?. The molecule has 1 aliphatic rings. The molecule has 0 aromatic carbocycles. The number of nitrogens with two attached hydrogens (primary N) is 2. The zero-order valence-electron chi connectivity index (χ0n) is 12.8. The van der Waals surface area contributed by atoms with Gasteiger partial charge in [0.25, 0.3) is 0 Å². The van der Waals surface area contributed by atoms with E-state index in [0.29, 0.717) is 12.0 Å². The van der Waals surface area contributed by atoms with Crippen molar-refractivity contribution in [1.82, 2.24) is 0 Å². The number of nitrogens with zero attached hydrogens (tertiary/aromatic N) is 2. The van der Waals surface area contributed by atoms with Crippen molar-refractivity contribution in [3.8, 4) is 0 Å². The molecule has 20 heavy (non-hydrogen) atoms. The predicted molar refractivity (Wildman–Crippen MR) is 87.9 cm³/mol. The largest absolute Gasteiger partial charge is 0.405 e. The van der Waals surface area contributed by atoms with Gasteiger partial charge in [0.2, 0.25) is 0 Å². The van der Waals surface area contributed by atoms with Gasteiger partial charge in [0, 0.05) is 11.6 Å². The SMILES string of the molecule is CCC(CC)C(/C=C/N)=NC(/C=C\N)=NC1CCCC1. The Kier molecular flexibility index (Phi) is 7.70. The smallest absolute Gasteiger partial charge is 0.149 e. The van der Waals surface area contributed by atoms with Gasteiger partial charge in [0.05, 0.1) is 6.04 Å². The maximum atomic E-state index is 5.55. The van der Waals surface area contributed by atoms with Gasteiger partial charge in [0.1, 0.15) is 5.84 Å². The molecule has 1 saturated carbocycles. The molecular formula is C16H28N4. The summed E-state index contributed by atoms with van der Waals surface area (Å²) in [4.78, 5) is 9.42. The van der Waals surface area contributed by atoms with Crippen molar-refractivity contribution in [2.45, 2.75) is 58.4 Å². The van der Waals surface area contributed by atoms with Crippen molar-refractivity contribution in [2.75, 3.05) is 0 Å². The van der Waals surface area contributed by atoms with E-state index in [1.807, 2.05) is 6.08 Å². The number of allylic oxidation sites excluding steroid dienone is 1. The van der Waals surface area contributed by atoms with Gasteiger partial charge in [-0.05, 0) is 50.2 Å². The van der Waals surface area contributed by atoms with Crippen LogP contribution in [0.3, 0.4) is 0 Å². The maximum Gasteiger partial charge on any atom is 0.149 e. The van der Waals surface area contributed by atoms with E-state index in [1.54, 1.807) is 12.3 Å². The molecule has 1 aliphatic carbocycles. The van der Waals surface area contributed by atoms with Crippen LogP contribution in [0.4, 0.5) is 0 Å². The second-order valence-electron chi connectivity index (χ2n) is 5.19. The first-order valence-corrected chi connectivity index (χ1v) is 7.68. The zero-order valence-corrected chi connectivity index (χ0v) is 12.8. The highest BCUT2D eigenvalue weighted by Crippen LogP contribution is 2.21. The first-order chi connectivity index (χ1) is 9.74. The molecule has 0 aromatic heterocycles. The number of rotatable bonds is 6. The Morgan fingerprint density at radius 3 is 2.20 bits per heavy atom. The van der Waals surface area contributed by atoms with Crippen LogP contribution in [0.15, 0.2) is 34.5 Å². The van der Waals surface area contributed by atoms with Gasteiger partial charge in [0.15, 0.2) is 0 Å². The van der Waals surface area contributed by atoms with Gasteiger partial charge in [-0.15, -0.1) is 0 Å². The Bertz CT molecular complexity index is 383. The number of aliphatic imine (C=N–C) groups is 2. The van der Waals surface area contributed by atoms with E-state index in [1.165, 1.54) is 19.0 Å². The Hall–Kier alpha value is -1.58. The predicted octanol–water partition coefficient (Wildman–Crippen LogP) is 3.15. The van der Waals surface area contributed by atoms with Crippen molar-refractivity contribution in [1.29, 1.82) is 0 Å². The van der Waals surface area contributed by atoms with E-state index in [0.717, 1.165) is 37.2 Å². The van der Waals surface area contributed by atoms with Gasteiger partial charge >= 0.3 is 0 Å². The monoisotopic (exact) mass is 276 g/mol. The summed E-state index contributed by atoms with van der Waals surface area (Å²) >= 11 is 0. The highest BCUT2D eigenvalue weighted by atomic mass is 14.9. The van der Waals surface area contributed by atoms with Crippen molar-refractivity contribution < 1.29 is 0 Å². The highest BCUT2D eigenvalue weighted by molar-refractivity contribution is 6.08. The van der Waals surface area contributed by atoms with E-state index < -0.39 is 0 Å². The molecular weight excluding hydrogens is 248 g/mol. The molecule has 0 radical (unpaired) electrons. The first kappa shape index (κ1) is 16.5. The normalized spacial score (nSPS) is 18.9. The van der Waals surface area contributed by atoms with Crippen molar-refractivity contribution >= 4 is 11.5 Å². The third kappa shape index (κ3) is 5.19. The van der Waals surface area contributed by atoms with Gasteiger partial charge in [-0.1, -0.05) is 26.7 Å². The average molecular weight is 276 g/mol. The van der Waals surface area contributed by atoms with Crippen molar-refractivity contribution in [2.24, 2.45) is 27.4 Å². The molecule has 0 spiro atoms. The van der Waals surface area contributed by atoms with Gasteiger partial charge in [-0.2, -0.15) is 0 Å². The summed E-state index contributed by atoms with van der Waals surface area (Å²) in [6, 6.07) is 0.398. The minimum atomic E-state index is 0.398. The third-order valence-corrected chi connectivity index (χ3v) is 3.80. The van der Waals surface area contributed by atoms with Gasteiger partial charge in [-0.3, -0.25) is 4.99 Å². The number of hydrogen-bond donors (Lipinski definition) is 2. The van der Waals surface area contributed by atoms with E-state index in [9.17, 15) is 0 Å². The van der Waals surface area contributed by atoms with Crippen LogP contribution in [0.25, 0.3) is 0 Å². The number of amidine groups is 1. The van der Waals surface area contributed by atoms with E-state index in [2.05, 4.69) is 13.8 Å². The Morgan fingerprint density at radius 1 is 1.10 bits per heavy atom. The summed E-state index contributed by atoms with van der Waals surface area (Å²) < 4.78 is 0. The summed E-state index contributed by atoms with van der Waals surface area (Å²) in [7, 11) is 0. The molecule has 0 aliphatic heterocycles. The minimum Gasteiger partial charge on any atom is -0.405 e. The Morgan fingerprint density at radius 2 is 1.70 bits per heavy atom. The Labute approximate surface area is 122 Å². The van der Waals surface area contributed by atoms with Crippen LogP contribution in [-0.2, 0) is 0 Å². The van der Waals surface area contributed by atoms with Crippen LogP contribution in [0.1, 0.15) is 52.4 Å². The van der Waals surface area contributed by atoms with Crippen molar-refractivity contribution in [3.63, 3.8) is 0 Å². The molecule has 1 rings (SSSR count). The average Bonchev–Trinajstić information content (AvgIpc) is 2.93.